The Bertz CT molecular complexity index is 1110. The Hall–Kier alpha value is -4.32. The van der Waals surface area contributed by atoms with Gasteiger partial charge in [-0.1, -0.05) is 37.4 Å². The van der Waals surface area contributed by atoms with Crippen molar-refractivity contribution in [2.24, 2.45) is 0 Å². The van der Waals surface area contributed by atoms with Crippen LogP contribution >= 0.6 is 0 Å². The van der Waals surface area contributed by atoms with Gasteiger partial charge >= 0.3 is 11.9 Å². The molecule has 0 atom stereocenters. The Morgan fingerprint density at radius 3 is 1.25 bits per heavy atom. The highest BCUT2D eigenvalue weighted by molar-refractivity contribution is 5.89. The summed E-state index contributed by atoms with van der Waals surface area (Å²) in [5, 5.41) is 21.1. The molecular weight excluding hydrogens is 408 g/mol. The number of ether oxygens (including phenoxy) is 2. The number of carbonyl (C=O) groups is 2. The van der Waals surface area contributed by atoms with Crippen LogP contribution in [-0.4, -0.2) is 22.2 Å². The molecule has 0 saturated heterocycles. The highest BCUT2D eigenvalue weighted by Gasteiger charge is 2.14. The molecule has 6 nitrogen and oxygen atoms in total. The van der Waals surface area contributed by atoms with Crippen LogP contribution in [0.15, 0.2) is 85.0 Å². The Kier molecular flexibility index (Phi) is 6.45. The first-order valence-corrected chi connectivity index (χ1v) is 9.68. The molecule has 0 aliphatic carbocycles. The number of esters is 2. The van der Waals surface area contributed by atoms with Crippen molar-refractivity contribution in [2.45, 2.75) is 13.8 Å². The maximum Gasteiger partial charge on any atom is 0.338 e. The molecule has 0 bridgehead atoms. The number of hydrogen-bond donors (Lipinski definition) is 2. The molecule has 0 aliphatic rings. The highest BCUT2D eigenvalue weighted by Crippen LogP contribution is 2.40. The van der Waals surface area contributed by atoms with Gasteiger partial charge in [-0.05, 0) is 61.4 Å². The number of rotatable bonds is 6. The summed E-state index contributed by atoms with van der Waals surface area (Å²) in [7, 11) is 0. The second-order valence-electron chi connectivity index (χ2n) is 7.27. The van der Waals surface area contributed by atoms with E-state index in [4.69, 9.17) is 9.47 Å². The summed E-state index contributed by atoms with van der Waals surface area (Å²) in [6, 6.07) is 15.9. The van der Waals surface area contributed by atoms with Crippen LogP contribution in [0, 0.1) is 0 Å². The molecule has 32 heavy (non-hydrogen) atoms. The number of phenolic OH excluding ortho intramolecular Hbond substituents is 2. The molecule has 3 aromatic rings. The normalized spacial score (nSPS) is 10.3. The lowest BCUT2D eigenvalue weighted by molar-refractivity contribution is -0.130. The minimum atomic E-state index is -0.525. The summed E-state index contributed by atoms with van der Waals surface area (Å²) in [6.07, 6.45) is 0. The lowest BCUT2D eigenvalue weighted by Gasteiger charge is -2.12. The second-order valence-corrected chi connectivity index (χ2v) is 7.27. The van der Waals surface area contributed by atoms with Crippen LogP contribution in [0.5, 0.6) is 23.0 Å². The first-order chi connectivity index (χ1) is 15.2. The van der Waals surface area contributed by atoms with E-state index < -0.39 is 11.9 Å². The third-order valence-corrected chi connectivity index (χ3v) is 4.56. The molecule has 0 saturated carbocycles. The van der Waals surface area contributed by atoms with E-state index >= 15 is 0 Å². The van der Waals surface area contributed by atoms with Gasteiger partial charge in [-0.25, -0.2) is 9.59 Å². The van der Waals surface area contributed by atoms with Crippen molar-refractivity contribution in [1.29, 1.82) is 0 Å². The SMILES string of the molecule is C=C(C)C(=O)Oc1ccc(-c2cc(O)c(-c3ccc(OC(=O)C(=C)C)cc3)cc2O)cc1. The summed E-state index contributed by atoms with van der Waals surface area (Å²) in [6.45, 7) is 10.2. The molecule has 0 aliphatic heterocycles. The van der Waals surface area contributed by atoms with E-state index in [1.54, 1.807) is 62.4 Å². The predicted octanol–water partition coefficient (Wildman–Crippen LogP) is 5.39. The third-order valence-electron chi connectivity index (χ3n) is 4.56. The van der Waals surface area contributed by atoms with Gasteiger partial charge in [0.1, 0.15) is 23.0 Å². The van der Waals surface area contributed by atoms with E-state index in [1.165, 1.54) is 12.1 Å². The molecule has 6 heteroatoms. The fraction of sp³-hybridized carbons (Fsp3) is 0.0769. The van der Waals surface area contributed by atoms with Crippen LogP contribution < -0.4 is 9.47 Å². The molecule has 0 amide bonds. The number of aromatic hydroxyl groups is 2. The van der Waals surface area contributed by atoms with Crippen molar-refractivity contribution in [3.63, 3.8) is 0 Å². The molecular formula is C26H22O6. The van der Waals surface area contributed by atoms with Gasteiger partial charge in [0.15, 0.2) is 0 Å². The number of benzene rings is 3. The summed E-state index contributed by atoms with van der Waals surface area (Å²) >= 11 is 0. The summed E-state index contributed by atoms with van der Waals surface area (Å²) in [5.41, 5.74) is 2.65. The van der Waals surface area contributed by atoms with Gasteiger partial charge in [0, 0.05) is 22.3 Å². The van der Waals surface area contributed by atoms with Gasteiger partial charge in [0.2, 0.25) is 0 Å². The van der Waals surface area contributed by atoms with Gasteiger partial charge in [0.05, 0.1) is 0 Å². The third kappa shape index (κ3) is 5.05. The zero-order chi connectivity index (χ0) is 23.4. The number of phenols is 2. The van der Waals surface area contributed by atoms with Crippen LogP contribution in [0.25, 0.3) is 22.3 Å². The monoisotopic (exact) mass is 430 g/mol. The van der Waals surface area contributed by atoms with E-state index in [2.05, 4.69) is 13.2 Å². The van der Waals surface area contributed by atoms with Gasteiger partial charge < -0.3 is 19.7 Å². The van der Waals surface area contributed by atoms with Crippen molar-refractivity contribution < 1.29 is 29.3 Å². The van der Waals surface area contributed by atoms with Crippen molar-refractivity contribution >= 4 is 11.9 Å². The van der Waals surface area contributed by atoms with Crippen molar-refractivity contribution in [2.75, 3.05) is 0 Å². The Balaban J connectivity index is 1.84. The minimum Gasteiger partial charge on any atom is -0.507 e. The van der Waals surface area contributed by atoms with Crippen molar-refractivity contribution in [1.82, 2.24) is 0 Å². The first-order valence-electron chi connectivity index (χ1n) is 9.68. The summed E-state index contributed by atoms with van der Waals surface area (Å²) in [5.74, 6) is -0.445. The Morgan fingerprint density at radius 1 is 0.656 bits per heavy atom. The quantitative estimate of drug-likeness (QED) is 0.236. The lowest BCUT2D eigenvalue weighted by Crippen LogP contribution is -2.07. The summed E-state index contributed by atoms with van der Waals surface area (Å²) < 4.78 is 10.3. The van der Waals surface area contributed by atoms with E-state index in [1.807, 2.05) is 0 Å². The minimum absolute atomic E-state index is 0.0396. The van der Waals surface area contributed by atoms with E-state index in [9.17, 15) is 19.8 Å². The largest absolute Gasteiger partial charge is 0.507 e. The average Bonchev–Trinajstić information content (AvgIpc) is 2.76. The number of hydrogen-bond acceptors (Lipinski definition) is 6. The Labute approximate surface area is 185 Å². The topological polar surface area (TPSA) is 93.1 Å². The molecule has 2 N–H and O–H groups in total. The van der Waals surface area contributed by atoms with Gasteiger partial charge in [-0.15, -0.1) is 0 Å². The standard InChI is InChI=1S/C26H22O6/c1-15(2)25(29)31-19-9-5-17(6-10-19)21-13-24(28)22(14-23(21)27)18-7-11-20(12-8-18)32-26(30)16(3)4/h5-14,27-28H,1,3H2,2,4H3. The van der Waals surface area contributed by atoms with Crippen LogP contribution in [0.4, 0.5) is 0 Å². The molecule has 3 rings (SSSR count). The molecule has 0 spiro atoms. The molecule has 0 heterocycles. The van der Waals surface area contributed by atoms with Crippen molar-refractivity contribution in [3.8, 4) is 45.3 Å². The summed E-state index contributed by atoms with van der Waals surface area (Å²) in [4.78, 5) is 23.2. The fourth-order valence-corrected chi connectivity index (χ4v) is 2.83. The maximum atomic E-state index is 11.6. The predicted molar refractivity (Wildman–Crippen MR) is 122 cm³/mol. The van der Waals surface area contributed by atoms with E-state index in [0.29, 0.717) is 33.8 Å². The van der Waals surface area contributed by atoms with Crippen LogP contribution in [0.3, 0.4) is 0 Å². The van der Waals surface area contributed by atoms with Crippen molar-refractivity contribution in [3.05, 3.63) is 85.0 Å². The van der Waals surface area contributed by atoms with E-state index in [0.717, 1.165) is 0 Å². The number of carbonyl (C=O) groups excluding carboxylic acids is 2. The molecule has 3 aromatic carbocycles. The van der Waals surface area contributed by atoms with Gasteiger partial charge in [-0.2, -0.15) is 0 Å². The van der Waals surface area contributed by atoms with Crippen LogP contribution in [-0.2, 0) is 9.59 Å². The average molecular weight is 430 g/mol. The molecule has 162 valence electrons. The van der Waals surface area contributed by atoms with E-state index in [-0.39, 0.29) is 22.6 Å². The molecule has 0 radical (unpaired) electrons. The zero-order valence-corrected chi connectivity index (χ0v) is 17.7. The first kappa shape index (κ1) is 22.4. The molecule has 0 aromatic heterocycles. The lowest BCUT2D eigenvalue weighted by atomic mass is 9.98. The van der Waals surface area contributed by atoms with Gasteiger partial charge in [-0.3, -0.25) is 0 Å². The zero-order valence-electron chi connectivity index (χ0n) is 17.7. The maximum absolute atomic E-state index is 11.6. The highest BCUT2D eigenvalue weighted by atomic mass is 16.5. The smallest absolute Gasteiger partial charge is 0.338 e. The fourth-order valence-electron chi connectivity index (χ4n) is 2.83. The van der Waals surface area contributed by atoms with Crippen LogP contribution in [0.2, 0.25) is 0 Å². The molecule has 0 fully saturated rings. The Morgan fingerprint density at radius 2 is 0.969 bits per heavy atom. The second kappa shape index (κ2) is 9.22. The van der Waals surface area contributed by atoms with Crippen LogP contribution in [0.1, 0.15) is 13.8 Å². The molecule has 0 unspecified atom stereocenters. The van der Waals surface area contributed by atoms with Gasteiger partial charge in [0.25, 0.3) is 0 Å².